The number of hydrogen-bond acceptors (Lipinski definition) is 6. The van der Waals surface area contributed by atoms with E-state index in [9.17, 15) is 0 Å². The number of hydrogen-bond donors (Lipinski definition) is 0. The van der Waals surface area contributed by atoms with Crippen molar-refractivity contribution < 1.29 is 4.52 Å². The van der Waals surface area contributed by atoms with Gasteiger partial charge in [-0.1, -0.05) is 49.3 Å². The fourth-order valence-corrected chi connectivity index (χ4v) is 3.25. The van der Waals surface area contributed by atoms with Gasteiger partial charge in [0.1, 0.15) is 11.6 Å². The van der Waals surface area contributed by atoms with E-state index in [1.165, 1.54) is 5.56 Å². The second-order valence-electron chi connectivity index (χ2n) is 7.07. The predicted octanol–water partition coefficient (Wildman–Crippen LogP) is 2.43. The number of nitrogens with zero attached hydrogens (tertiary/aromatic N) is 6. The Bertz CT molecular complexity index is 854. The fourth-order valence-electron chi connectivity index (χ4n) is 3.25. The maximum absolute atomic E-state index is 5.39. The minimum Gasteiger partial charge on any atom is -0.338 e. The highest BCUT2D eigenvalue weighted by atomic mass is 16.5. The summed E-state index contributed by atoms with van der Waals surface area (Å²) in [4.78, 5) is 6.84. The monoisotopic (exact) mass is 352 g/mol. The van der Waals surface area contributed by atoms with Gasteiger partial charge in [0.15, 0.2) is 5.82 Å². The van der Waals surface area contributed by atoms with Crippen LogP contribution in [0.2, 0.25) is 0 Å². The quantitative estimate of drug-likeness (QED) is 0.702. The van der Waals surface area contributed by atoms with E-state index < -0.39 is 0 Å². The van der Waals surface area contributed by atoms with E-state index in [2.05, 4.69) is 67.9 Å². The van der Waals surface area contributed by atoms with E-state index in [-0.39, 0.29) is 5.92 Å². The predicted molar refractivity (Wildman–Crippen MR) is 96.6 cm³/mol. The molecule has 0 spiro atoms. The van der Waals surface area contributed by atoms with Crippen molar-refractivity contribution in [3.63, 3.8) is 0 Å². The highest BCUT2D eigenvalue weighted by Crippen LogP contribution is 2.15. The van der Waals surface area contributed by atoms with Crippen molar-refractivity contribution in [3.05, 3.63) is 59.3 Å². The molecule has 0 unspecified atom stereocenters. The smallest absolute Gasteiger partial charge is 0.240 e. The van der Waals surface area contributed by atoms with Gasteiger partial charge < -0.3 is 9.09 Å². The zero-order valence-electron chi connectivity index (χ0n) is 15.3. The van der Waals surface area contributed by atoms with E-state index in [0.717, 1.165) is 49.9 Å². The van der Waals surface area contributed by atoms with Gasteiger partial charge in [-0.3, -0.25) is 4.90 Å². The molecule has 7 nitrogen and oxygen atoms in total. The maximum Gasteiger partial charge on any atom is 0.240 e. The topological polar surface area (TPSA) is 72.9 Å². The Kier molecular flexibility index (Phi) is 4.79. The van der Waals surface area contributed by atoms with Crippen LogP contribution in [-0.2, 0) is 25.9 Å². The van der Waals surface area contributed by atoms with Crippen LogP contribution in [0.5, 0.6) is 0 Å². The Morgan fingerprint density at radius 1 is 1.08 bits per heavy atom. The molecular weight excluding hydrogens is 328 g/mol. The van der Waals surface area contributed by atoms with Gasteiger partial charge in [-0.05, 0) is 5.56 Å². The number of fused-ring (bicyclic) bond motifs is 1. The molecule has 3 heterocycles. The molecule has 0 bridgehead atoms. The molecule has 0 amide bonds. The maximum atomic E-state index is 5.39. The molecule has 1 aliphatic heterocycles. The highest BCUT2D eigenvalue weighted by molar-refractivity contribution is 5.19. The van der Waals surface area contributed by atoms with E-state index in [1.54, 1.807) is 0 Å². The summed E-state index contributed by atoms with van der Waals surface area (Å²) in [5.74, 6) is 3.85. The lowest BCUT2D eigenvalue weighted by Crippen LogP contribution is -2.27. The Morgan fingerprint density at radius 3 is 2.69 bits per heavy atom. The first-order valence-electron chi connectivity index (χ1n) is 9.19. The largest absolute Gasteiger partial charge is 0.338 e. The Hall–Kier alpha value is -2.54. The first kappa shape index (κ1) is 16.9. The molecule has 0 N–H and O–H groups in total. The molecule has 26 heavy (non-hydrogen) atoms. The highest BCUT2D eigenvalue weighted by Gasteiger charge is 2.20. The van der Waals surface area contributed by atoms with Crippen LogP contribution >= 0.6 is 0 Å². The third-order valence-electron chi connectivity index (χ3n) is 4.76. The Labute approximate surface area is 153 Å². The van der Waals surface area contributed by atoms with Gasteiger partial charge in [-0.25, -0.2) is 0 Å². The molecule has 1 aromatic carbocycles. The number of benzene rings is 1. The number of rotatable bonds is 5. The van der Waals surface area contributed by atoms with Crippen molar-refractivity contribution in [3.8, 4) is 0 Å². The van der Waals surface area contributed by atoms with Crippen molar-refractivity contribution in [2.45, 2.75) is 45.7 Å². The van der Waals surface area contributed by atoms with E-state index in [0.29, 0.717) is 12.4 Å². The summed E-state index contributed by atoms with van der Waals surface area (Å²) in [7, 11) is 0. The molecule has 0 saturated carbocycles. The molecule has 136 valence electrons. The van der Waals surface area contributed by atoms with Gasteiger partial charge in [0, 0.05) is 38.4 Å². The van der Waals surface area contributed by atoms with Gasteiger partial charge in [-0.2, -0.15) is 4.98 Å². The third kappa shape index (κ3) is 3.67. The lowest BCUT2D eigenvalue weighted by atomic mass is 10.1. The van der Waals surface area contributed by atoms with Crippen molar-refractivity contribution in [2.75, 3.05) is 13.1 Å². The molecular formula is C19H24N6O. The minimum absolute atomic E-state index is 0.285. The average Bonchev–Trinajstić information content (AvgIpc) is 3.20. The minimum atomic E-state index is 0.285. The molecule has 4 rings (SSSR count). The summed E-state index contributed by atoms with van der Waals surface area (Å²) in [5.41, 5.74) is 1.26. The van der Waals surface area contributed by atoms with Gasteiger partial charge in [0.25, 0.3) is 0 Å². The third-order valence-corrected chi connectivity index (χ3v) is 4.76. The summed E-state index contributed by atoms with van der Waals surface area (Å²) in [5, 5.41) is 12.9. The van der Waals surface area contributed by atoms with E-state index in [1.807, 2.05) is 6.07 Å². The van der Waals surface area contributed by atoms with Crippen LogP contribution in [0.3, 0.4) is 0 Å². The molecule has 0 aliphatic carbocycles. The molecule has 1 aliphatic rings. The second kappa shape index (κ2) is 7.37. The Balaban J connectivity index is 1.42. The molecule has 2 aromatic heterocycles. The summed E-state index contributed by atoms with van der Waals surface area (Å²) in [6.45, 7) is 7.55. The molecule has 7 heteroatoms. The van der Waals surface area contributed by atoms with Gasteiger partial charge in [0.05, 0.1) is 6.54 Å². The fraction of sp³-hybridized carbons (Fsp3) is 0.474. The van der Waals surface area contributed by atoms with E-state index >= 15 is 0 Å². The summed E-state index contributed by atoms with van der Waals surface area (Å²) < 4.78 is 7.66. The Morgan fingerprint density at radius 2 is 1.92 bits per heavy atom. The van der Waals surface area contributed by atoms with Crippen LogP contribution in [-0.4, -0.2) is 42.9 Å². The van der Waals surface area contributed by atoms with Crippen molar-refractivity contribution in [1.82, 2.24) is 29.8 Å². The summed E-state index contributed by atoms with van der Waals surface area (Å²) >= 11 is 0. The SMILES string of the molecule is CC(C)c1noc(CN2CCc3nnc(Cc4ccccc4)n3CC2)n1. The van der Waals surface area contributed by atoms with Gasteiger partial charge in [0.2, 0.25) is 5.89 Å². The van der Waals surface area contributed by atoms with Crippen LogP contribution < -0.4 is 0 Å². The standard InChI is InChI=1S/C19H24N6O/c1-14(2)19-20-18(26-23-19)13-24-9-8-16-21-22-17(25(16)11-10-24)12-15-6-4-3-5-7-15/h3-7,14H,8-13H2,1-2H3. The van der Waals surface area contributed by atoms with E-state index in [4.69, 9.17) is 4.52 Å². The zero-order valence-corrected chi connectivity index (χ0v) is 15.3. The molecule has 0 radical (unpaired) electrons. The van der Waals surface area contributed by atoms with Crippen LogP contribution in [0.25, 0.3) is 0 Å². The first-order chi connectivity index (χ1) is 12.7. The van der Waals surface area contributed by atoms with Crippen LogP contribution in [0.4, 0.5) is 0 Å². The van der Waals surface area contributed by atoms with Crippen LogP contribution in [0, 0.1) is 0 Å². The molecule has 0 fully saturated rings. The van der Waals surface area contributed by atoms with Crippen molar-refractivity contribution >= 4 is 0 Å². The zero-order chi connectivity index (χ0) is 17.9. The molecule has 3 aromatic rings. The summed E-state index contributed by atoms with van der Waals surface area (Å²) in [6, 6.07) is 10.4. The first-order valence-corrected chi connectivity index (χ1v) is 9.19. The summed E-state index contributed by atoms with van der Waals surface area (Å²) in [6.07, 6.45) is 1.70. The second-order valence-corrected chi connectivity index (χ2v) is 7.07. The van der Waals surface area contributed by atoms with Crippen molar-refractivity contribution in [2.24, 2.45) is 0 Å². The van der Waals surface area contributed by atoms with Crippen LogP contribution in [0.1, 0.15) is 48.7 Å². The lowest BCUT2D eigenvalue weighted by molar-refractivity contribution is 0.229. The lowest BCUT2D eigenvalue weighted by Gasteiger charge is -2.17. The molecule has 0 atom stereocenters. The number of aromatic nitrogens is 5. The van der Waals surface area contributed by atoms with Gasteiger partial charge >= 0.3 is 0 Å². The normalized spacial score (nSPS) is 15.2. The van der Waals surface area contributed by atoms with Gasteiger partial charge in [-0.15, -0.1) is 10.2 Å². The van der Waals surface area contributed by atoms with Crippen molar-refractivity contribution in [1.29, 1.82) is 0 Å². The molecule has 0 saturated heterocycles. The average molecular weight is 352 g/mol. The van der Waals surface area contributed by atoms with Crippen LogP contribution in [0.15, 0.2) is 34.9 Å².